The number of nitrogens with zero attached hydrogens (tertiary/aromatic N) is 1. The van der Waals surface area contributed by atoms with Crippen molar-refractivity contribution in [1.82, 2.24) is 10.3 Å². The van der Waals surface area contributed by atoms with E-state index in [0.717, 1.165) is 22.6 Å². The average Bonchev–Trinajstić information content (AvgIpc) is 2.49. The Morgan fingerprint density at radius 2 is 1.95 bits per heavy atom. The van der Waals surface area contributed by atoms with Crippen molar-refractivity contribution in [3.8, 4) is 11.5 Å². The van der Waals surface area contributed by atoms with Crippen molar-refractivity contribution in [2.75, 3.05) is 21.3 Å². The maximum atomic E-state index is 6.24. The fourth-order valence-electron chi connectivity index (χ4n) is 2.16. The van der Waals surface area contributed by atoms with Gasteiger partial charge in [-0.3, -0.25) is 4.98 Å². The standard InChI is InChI=1S/C15H17ClN2O2/c1-17-15(11-6-7-18-9-13(11)16)12-8-10(19-2)4-5-14(12)20-3/h4-9,15,17H,1-3H3. The summed E-state index contributed by atoms with van der Waals surface area (Å²) in [5.41, 5.74) is 1.90. The Morgan fingerprint density at radius 1 is 1.15 bits per heavy atom. The molecule has 1 N–H and O–H groups in total. The number of nitrogens with one attached hydrogen (secondary N) is 1. The van der Waals surface area contributed by atoms with Crippen LogP contribution in [0.1, 0.15) is 17.2 Å². The summed E-state index contributed by atoms with van der Waals surface area (Å²) in [6.45, 7) is 0. The summed E-state index contributed by atoms with van der Waals surface area (Å²) in [6.07, 6.45) is 3.35. The molecule has 0 radical (unpaired) electrons. The highest BCUT2D eigenvalue weighted by Crippen LogP contribution is 2.35. The molecule has 5 heteroatoms. The summed E-state index contributed by atoms with van der Waals surface area (Å²) in [7, 11) is 5.16. The molecule has 2 rings (SSSR count). The monoisotopic (exact) mass is 292 g/mol. The Kier molecular flexibility index (Phi) is 4.82. The van der Waals surface area contributed by atoms with Crippen LogP contribution in [0.5, 0.6) is 11.5 Å². The number of pyridine rings is 1. The molecule has 0 spiro atoms. The molecule has 20 heavy (non-hydrogen) atoms. The summed E-state index contributed by atoms with van der Waals surface area (Å²) >= 11 is 6.24. The fraction of sp³-hybridized carbons (Fsp3) is 0.267. The third-order valence-corrected chi connectivity index (χ3v) is 3.47. The summed E-state index contributed by atoms with van der Waals surface area (Å²) in [4.78, 5) is 4.02. The molecule has 0 saturated heterocycles. The Hall–Kier alpha value is -1.78. The first-order chi connectivity index (χ1) is 9.71. The van der Waals surface area contributed by atoms with Crippen LogP contribution < -0.4 is 14.8 Å². The van der Waals surface area contributed by atoms with Crippen LogP contribution in [0.15, 0.2) is 36.7 Å². The zero-order valence-corrected chi connectivity index (χ0v) is 12.4. The van der Waals surface area contributed by atoms with Gasteiger partial charge in [0.05, 0.1) is 25.3 Å². The second-order valence-corrected chi connectivity index (χ2v) is 4.63. The first kappa shape index (κ1) is 14.6. The largest absolute Gasteiger partial charge is 0.497 e. The van der Waals surface area contributed by atoms with Crippen LogP contribution in [0, 0.1) is 0 Å². The molecule has 1 unspecified atom stereocenters. The number of aromatic nitrogens is 1. The molecule has 2 aromatic rings. The first-order valence-electron chi connectivity index (χ1n) is 6.19. The molecule has 0 saturated carbocycles. The maximum absolute atomic E-state index is 6.24. The Bertz CT molecular complexity index is 590. The molecule has 0 aliphatic heterocycles. The van der Waals surface area contributed by atoms with E-state index in [4.69, 9.17) is 21.1 Å². The van der Waals surface area contributed by atoms with Gasteiger partial charge < -0.3 is 14.8 Å². The van der Waals surface area contributed by atoms with Crippen LogP contribution in [0.4, 0.5) is 0 Å². The molecular weight excluding hydrogens is 276 g/mol. The molecule has 0 aliphatic carbocycles. The summed E-state index contributed by atoms with van der Waals surface area (Å²) in [5.74, 6) is 1.55. The fourth-order valence-corrected chi connectivity index (χ4v) is 2.39. The zero-order chi connectivity index (χ0) is 14.5. The van der Waals surface area contributed by atoms with Gasteiger partial charge in [0, 0.05) is 18.0 Å². The third kappa shape index (κ3) is 2.86. The van der Waals surface area contributed by atoms with Gasteiger partial charge >= 0.3 is 0 Å². The molecule has 1 atom stereocenters. The molecule has 106 valence electrons. The number of halogens is 1. The molecule has 0 bridgehead atoms. The van der Waals surface area contributed by atoms with E-state index >= 15 is 0 Å². The normalized spacial score (nSPS) is 12.0. The van der Waals surface area contributed by atoms with E-state index in [1.807, 2.05) is 31.3 Å². The zero-order valence-electron chi connectivity index (χ0n) is 11.7. The van der Waals surface area contributed by atoms with E-state index in [9.17, 15) is 0 Å². The van der Waals surface area contributed by atoms with Gasteiger partial charge in [-0.25, -0.2) is 0 Å². The predicted octanol–water partition coefficient (Wildman–Crippen LogP) is 3.06. The topological polar surface area (TPSA) is 43.4 Å². The van der Waals surface area contributed by atoms with Crippen LogP contribution in [0.2, 0.25) is 5.02 Å². The van der Waals surface area contributed by atoms with E-state index in [0.29, 0.717) is 5.02 Å². The van der Waals surface area contributed by atoms with E-state index in [1.165, 1.54) is 0 Å². The lowest BCUT2D eigenvalue weighted by Crippen LogP contribution is -2.19. The van der Waals surface area contributed by atoms with E-state index in [2.05, 4.69) is 10.3 Å². The van der Waals surface area contributed by atoms with Crippen molar-refractivity contribution < 1.29 is 9.47 Å². The van der Waals surface area contributed by atoms with Gasteiger partial charge in [-0.05, 0) is 36.9 Å². The van der Waals surface area contributed by atoms with Crippen molar-refractivity contribution >= 4 is 11.6 Å². The molecule has 0 amide bonds. The Balaban J connectivity index is 2.54. The third-order valence-electron chi connectivity index (χ3n) is 3.15. The highest BCUT2D eigenvalue weighted by atomic mass is 35.5. The van der Waals surface area contributed by atoms with Crippen molar-refractivity contribution in [2.24, 2.45) is 0 Å². The molecule has 1 aromatic heterocycles. The summed E-state index contributed by atoms with van der Waals surface area (Å²) in [5, 5.41) is 3.86. The molecule has 0 fully saturated rings. The summed E-state index contributed by atoms with van der Waals surface area (Å²) < 4.78 is 10.7. The number of rotatable bonds is 5. The van der Waals surface area contributed by atoms with E-state index in [1.54, 1.807) is 26.6 Å². The lowest BCUT2D eigenvalue weighted by molar-refractivity contribution is 0.395. The van der Waals surface area contributed by atoms with Crippen LogP contribution >= 0.6 is 11.6 Å². The minimum atomic E-state index is -0.101. The van der Waals surface area contributed by atoms with Gasteiger partial charge in [-0.2, -0.15) is 0 Å². The minimum Gasteiger partial charge on any atom is -0.497 e. The molecular formula is C15H17ClN2O2. The van der Waals surface area contributed by atoms with E-state index in [-0.39, 0.29) is 6.04 Å². The van der Waals surface area contributed by atoms with Crippen molar-refractivity contribution in [1.29, 1.82) is 0 Å². The van der Waals surface area contributed by atoms with Crippen LogP contribution in [-0.4, -0.2) is 26.3 Å². The number of hydrogen-bond acceptors (Lipinski definition) is 4. The molecule has 1 aromatic carbocycles. The van der Waals surface area contributed by atoms with Gasteiger partial charge in [0.15, 0.2) is 0 Å². The van der Waals surface area contributed by atoms with Crippen LogP contribution in [0.3, 0.4) is 0 Å². The maximum Gasteiger partial charge on any atom is 0.124 e. The lowest BCUT2D eigenvalue weighted by Gasteiger charge is -2.21. The van der Waals surface area contributed by atoms with E-state index < -0.39 is 0 Å². The van der Waals surface area contributed by atoms with Crippen LogP contribution in [0.25, 0.3) is 0 Å². The quantitative estimate of drug-likeness (QED) is 0.920. The highest BCUT2D eigenvalue weighted by Gasteiger charge is 2.19. The highest BCUT2D eigenvalue weighted by molar-refractivity contribution is 6.31. The number of ether oxygens (including phenoxy) is 2. The van der Waals surface area contributed by atoms with Gasteiger partial charge in [-0.1, -0.05) is 11.6 Å². The number of benzene rings is 1. The summed E-state index contributed by atoms with van der Waals surface area (Å²) in [6, 6.07) is 7.48. The van der Waals surface area contributed by atoms with Gasteiger partial charge in [0.2, 0.25) is 0 Å². The van der Waals surface area contributed by atoms with Crippen molar-refractivity contribution in [3.05, 3.63) is 52.8 Å². The smallest absolute Gasteiger partial charge is 0.124 e. The van der Waals surface area contributed by atoms with Crippen molar-refractivity contribution in [2.45, 2.75) is 6.04 Å². The number of hydrogen-bond donors (Lipinski definition) is 1. The Morgan fingerprint density at radius 3 is 2.55 bits per heavy atom. The molecule has 4 nitrogen and oxygen atoms in total. The van der Waals surface area contributed by atoms with Crippen LogP contribution in [-0.2, 0) is 0 Å². The second kappa shape index (κ2) is 6.59. The minimum absolute atomic E-state index is 0.101. The molecule has 1 heterocycles. The number of methoxy groups -OCH3 is 2. The van der Waals surface area contributed by atoms with Gasteiger partial charge in [-0.15, -0.1) is 0 Å². The predicted molar refractivity (Wildman–Crippen MR) is 79.7 cm³/mol. The van der Waals surface area contributed by atoms with Gasteiger partial charge in [0.1, 0.15) is 11.5 Å². The first-order valence-corrected chi connectivity index (χ1v) is 6.57. The van der Waals surface area contributed by atoms with Gasteiger partial charge in [0.25, 0.3) is 0 Å². The SMILES string of the molecule is CNC(c1ccncc1Cl)c1cc(OC)ccc1OC. The second-order valence-electron chi connectivity index (χ2n) is 4.23. The Labute approximate surface area is 123 Å². The average molecular weight is 293 g/mol. The lowest BCUT2D eigenvalue weighted by atomic mass is 9.98. The van der Waals surface area contributed by atoms with Crippen molar-refractivity contribution in [3.63, 3.8) is 0 Å². The molecule has 0 aliphatic rings.